The summed E-state index contributed by atoms with van der Waals surface area (Å²) < 4.78 is 20.6. The molecular formula is C19H21NO6. The molecule has 2 aromatic carbocycles. The fraction of sp³-hybridized carbons (Fsp3) is 0.263. The molecule has 0 unspecified atom stereocenters. The first-order valence-corrected chi connectivity index (χ1v) is 7.94. The van der Waals surface area contributed by atoms with E-state index in [2.05, 4.69) is 5.32 Å². The van der Waals surface area contributed by atoms with Crippen LogP contribution in [-0.2, 0) is 20.9 Å². The van der Waals surface area contributed by atoms with E-state index in [1.165, 1.54) is 14.2 Å². The second kappa shape index (κ2) is 9.93. The molecule has 0 radical (unpaired) electrons. The van der Waals surface area contributed by atoms with Crippen LogP contribution in [0.25, 0.3) is 0 Å². The van der Waals surface area contributed by atoms with Gasteiger partial charge in [-0.15, -0.1) is 0 Å². The van der Waals surface area contributed by atoms with Gasteiger partial charge in [-0.1, -0.05) is 30.3 Å². The largest absolute Gasteiger partial charge is 0.493 e. The number of benzene rings is 2. The zero-order valence-corrected chi connectivity index (χ0v) is 14.7. The first kappa shape index (κ1) is 19.1. The van der Waals surface area contributed by atoms with Crippen molar-refractivity contribution in [3.8, 4) is 17.2 Å². The highest BCUT2D eigenvalue weighted by atomic mass is 16.6. The summed E-state index contributed by atoms with van der Waals surface area (Å²) >= 11 is 0. The molecule has 0 atom stereocenters. The van der Waals surface area contributed by atoms with Gasteiger partial charge < -0.3 is 24.3 Å². The zero-order chi connectivity index (χ0) is 18.8. The summed E-state index contributed by atoms with van der Waals surface area (Å²) in [5.41, 5.74) is 0.749. The Kier molecular flexibility index (Phi) is 7.30. The van der Waals surface area contributed by atoms with Gasteiger partial charge in [-0.2, -0.15) is 0 Å². The van der Waals surface area contributed by atoms with Crippen molar-refractivity contribution in [2.45, 2.75) is 6.54 Å². The van der Waals surface area contributed by atoms with Crippen molar-refractivity contribution in [3.05, 3.63) is 54.1 Å². The number of para-hydroxylation sites is 2. The third kappa shape index (κ3) is 5.70. The fourth-order valence-corrected chi connectivity index (χ4v) is 2.18. The van der Waals surface area contributed by atoms with Gasteiger partial charge in [-0.25, -0.2) is 4.79 Å². The number of nitrogens with one attached hydrogen (secondary N) is 1. The highest BCUT2D eigenvalue weighted by Gasteiger charge is 2.12. The molecule has 1 N–H and O–H groups in total. The summed E-state index contributed by atoms with van der Waals surface area (Å²) in [6.45, 7) is -0.429. The van der Waals surface area contributed by atoms with Crippen molar-refractivity contribution in [3.63, 3.8) is 0 Å². The Morgan fingerprint density at radius 2 is 1.69 bits per heavy atom. The Morgan fingerprint density at radius 3 is 2.38 bits per heavy atom. The molecule has 0 spiro atoms. The second-order valence-electron chi connectivity index (χ2n) is 5.19. The molecule has 0 heterocycles. The topological polar surface area (TPSA) is 83.1 Å². The van der Waals surface area contributed by atoms with Gasteiger partial charge >= 0.3 is 5.97 Å². The number of carbonyl (C=O) groups is 2. The maximum absolute atomic E-state index is 11.8. The molecule has 0 aromatic heterocycles. The van der Waals surface area contributed by atoms with Gasteiger partial charge in [0.25, 0.3) is 5.91 Å². The van der Waals surface area contributed by atoms with Gasteiger partial charge in [0.2, 0.25) is 0 Å². The van der Waals surface area contributed by atoms with Crippen LogP contribution in [0.2, 0.25) is 0 Å². The minimum Gasteiger partial charge on any atom is -0.493 e. The average Bonchev–Trinajstić information content (AvgIpc) is 2.69. The van der Waals surface area contributed by atoms with E-state index in [0.717, 1.165) is 5.56 Å². The molecule has 0 aliphatic heterocycles. The molecule has 138 valence electrons. The summed E-state index contributed by atoms with van der Waals surface area (Å²) in [5, 5.41) is 2.66. The van der Waals surface area contributed by atoms with E-state index in [0.29, 0.717) is 17.2 Å². The Hall–Kier alpha value is -3.22. The summed E-state index contributed by atoms with van der Waals surface area (Å²) in [7, 11) is 3.06. The van der Waals surface area contributed by atoms with Crippen LogP contribution in [0.3, 0.4) is 0 Å². The van der Waals surface area contributed by atoms with Crippen LogP contribution in [0.4, 0.5) is 0 Å². The maximum atomic E-state index is 11.8. The molecule has 0 bridgehead atoms. The molecule has 0 fully saturated rings. The quantitative estimate of drug-likeness (QED) is 0.689. The lowest BCUT2D eigenvalue weighted by Crippen LogP contribution is -2.29. The number of carbonyl (C=O) groups excluding carboxylic acids is 2. The first-order chi connectivity index (χ1) is 12.6. The molecule has 0 aliphatic carbocycles. The minimum atomic E-state index is -0.622. The van der Waals surface area contributed by atoms with Crippen molar-refractivity contribution < 1.29 is 28.5 Å². The lowest BCUT2D eigenvalue weighted by molar-refractivity contribution is -0.150. The number of amides is 1. The number of methoxy groups -OCH3 is 2. The molecule has 0 saturated carbocycles. The van der Waals surface area contributed by atoms with E-state index in [4.69, 9.17) is 18.9 Å². The molecule has 1 amide bonds. The van der Waals surface area contributed by atoms with Crippen LogP contribution in [0.5, 0.6) is 17.2 Å². The van der Waals surface area contributed by atoms with Crippen LogP contribution >= 0.6 is 0 Å². The highest BCUT2D eigenvalue weighted by Crippen LogP contribution is 2.30. The normalized spacial score (nSPS) is 9.92. The molecular weight excluding hydrogens is 338 g/mol. The predicted molar refractivity (Wildman–Crippen MR) is 94.3 cm³/mol. The lowest BCUT2D eigenvalue weighted by atomic mass is 10.2. The lowest BCUT2D eigenvalue weighted by Gasteiger charge is -2.13. The van der Waals surface area contributed by atoms with Crippen LogP contribution in [0.15, 0.2) is 48.5 Å². The van der Waals surface area contributed by atoms with Gasteiger partial charge in [0.15, 0.2) is 24.7 Å². The SMILES string of the molecule is COc1cccc(CNC(=O)COC(=O)COc2ccccc2)c1OC. The summed E-state index contributed by atoms with van der Waals surface area (Å²) in [5.74, 6) is 0.622. The molecule has 0 aliphatic rings. The molecule has 26 heavy (non-hydrogen) atoms. The molecule has 7 heteroatoms. The van der Waals surface area contributed by atoms with E-state index in [-0.39, 0.29) is 19.8 Å². The summed E-state index contributed by atoms with van der Waals surface area (Å²) in [6.07, 6.45) is 0. The molecule has 0 saturated heterocycles. The van der Waals surface area contributed by atoms with Crippen molar-refractivity contribution in [2.75, 3.05) is 27.4 Å². The van der Waals surface area contributed by atoms with E-state index in [1.54, 1.807) is 42.5 Å². The van der Waals surface area contributed by atoms with Crippen LogP contribution < -0.4 is 19.5 Å². The van der Waals surface area contributed by atoms with Crippen LogP contribution in [0.1, 0.15) is 5.56 Å². The molecule has 2 rings (SSSR count). The fourth-order valence-electron chi connectivity index (χ4n) is 2.18. The second-order valence-corrected chi connectivity index (χ2v) is 5.19. The van der Waals surface area contributed by atoms with E-state index >= 15 is 0 Å². The van der Waals surface area contributed by atoms with Crippen LogP contribution in [-0.4, -0.2) is 39.3 Å². The summed E-state index contributed by atoms with van der Waals surface area (Å²) in [6, 6.07) is 14.2. The Bertz CT molecular complexity index is 732. The van der Waals surface area contributed by atoms with Gasteiger partial charge in [0.05, 0.1) is 14.2 Å². The van der Waals surface area contributed by atoms with Crippen molar-refractivity contribution in [1.82, 2.24) is 5.32 Å². The third-order valence-electron chi connectivity index (χ3n) is 3.42. The van der Waals surface area contributed by atoms with Gasteiger partial charge in [-0.3, -0.25) is 4.79 Å². The van der Waals surface area contributed by atoms with Gasteiger partial charge in [0, 0.05) is 12.1 Å². The Balaban J connectivity index is 1.74. The minimum absolute atomic E-state index is 0.220. The number of hydrogen-bond donors (Lipinski definition) is 1. The summed E-state index contributed by atoms with van der Waals surface area (Å²) in [4.78, 5) is 23.5. The van der Waals surface area contributed by atoms with Gasteiger partial charge in [-0.05, 0) is 18.2 Å². The average molecular weight is 359 g/mol. The maximum Gasteiger partial charge on any atom is 0.344 e. The third-order valence-corrected chi connectivity index (χ3v) is 3.42. The number of rotatable bonds is 9. The van der Waals surface area contributed by atoms with E-state index < -0.39 is 11.9 Å². The Morgan fingerprint density at radius 1 is 0.923 bits per heavy atom. The zero-order valence-electron chi connectivity index (χ0n) is 14.7. The first-order valence-electron chi connectivity index (χ1n) is 7.94. The monoisotopic (exact) mass is 359 g/mol. The van der Waals surface area contributed by atoms with Crippen molar-refractivity contribution in [2.24, 2.45) is 0 Å². The molecule has 2 aromatic rings. The van der Waals surface area contributed by atoms with Crippen molar-refractivity contribution in [1.29, 1.82) is 0 Å². The standard InChI is InChI=1S/C19H21NO6/c1-23-16-10-6-7-14(19(16)24-2)11-20-17(21)12-26-18(22)13-25-15-8-4-3-5-9-15/h3-10H,11-13H2,1-2H3,(H,20,21). The van der Waals surface area contributed by atoms with Crippen molar-refractivity contribution >= 4 is 11.9 Å². The van der Waals surface area contributed by atoms with Crippen LogP contribution in [0, 0.1) is 0 Å². The van der Waals surface area contributed by atoms with E-state index in [1.807, 2.05) is 6.07 Å². The number of esters is 1. The predicted octanol–water partition coefficient (Wildman–Crippen LogP) is 1.94. The highest BCUT2D eigenvalue weighted by molar-refractivity contribution is 5.81. The molecule has 7 nitrogen and oxygen atoms in total. The number of hydrogen-bond acceptors (Lipinski definition) is 6. The van der Waals surface area contributed by atoms with E-state index in [9.17, 15) is 9.59 Å². The Labute approximate surface area is 151 Å². The smallest absolute Gasteiger partial charge is 0.344 e. The number of ether oxygens (including phenoxy) is 4. The van der Waals surface area contributed by atoms with Gasteiger partial charge in [0.1, 0.15) is 5.75 Å².